The van der Waals surface area contributed by atoms with Gasteiger partial charge in [-0.1, -0.05) is 35.5 Å². The second-order valence-electron chi connectivity index (χ2n) is 6.81. The summed E-state index contributed by atoms with van der Waals surface area (Å²) in [6, 6.07) is 23.9. The minimum absolute atomic E-state index is 0.0196. The highest BCUT2D eigenvalue weighted by atomic mass is 35.5. The number of carbonyl (C=O) groups excluding carboxylic acids is 1. The minimum atomic E-state index is -0.479. The van der Waals surface area contributed by atoms with Crippen LogP contribution in [0.5, 0.6) is 5.75 Å². The van der Waals surface area contributed by atoms with Crippen molar-refractivity contribution in [3.05, 3.63) is 112 Å². The first-order chi connectivity index (χ1) is 16.0. The first-order valence-corrected chi connectivity index (χ1v) is 11.0. The van der Waals surface area contributed by atoms with Crippen molar-refractivity contribution in [2.75, 3.05) is 5.32 Å². The van der Waals surface area contributed by atoms with Crippen LogP contribution in [-0.2, 0) is 6.61 Å². The Labute approximate surface area is 198 Å². The molecule has 0 saturated heterocycles. The average molecular weight is 481 g/mol. The Balaban J connectivity index is 1.38. The van der Waals surface area contributed by atoms with Crippen molar-refractivity contribution in [2.24, 2.45) is 0 Å². The molecule has 0 aliphatic carbocycles. The molecule has 0 bridgehead atoms. The van der Waals surface area contributed by atoms with Crippen LogP contribution in [0.25, 0.3) is 0 Å². The zero-order valence-electron chi connectivity index (χ0n) is 17.1. The highest BCUT2D eigenvalue weighted by Crippen LogP contribution is 2.34. The second kappa shape index (κ2) is 10.2. The Bertz CT molecular complexity index is 1270. The van der Waals surface area contributed by atoms with Gasteiger partial charge < -0.3 is 14.5 Å². The van der Waals surface area contributed by atoms with Crippen LogP contribution >= 0.6 is 23.4 Å². The molecule has 1 heterocycles. The van der Waals surface area contributed by atoms with Gasteiger partial charge in [-0.2, -0.15) is 0 Å². The number of hydrogen-bond acceptors (Lipinski definition) is 6. The van der Waals surface area contributed by atoms with E-state index in [1.165, 1.54) is 36.0 Å². The van der Waals surface area contributed by atoms with Crippen LogP contribution in [0, 0.1) is 10.1 Å². The van der Waals surface area contributed by atoms with Crippen molar-refractivity contribution >= 4 is 40.6 Å². The van der Waals surface area contributed by atoms with E-state index in [1.54, 1.807) is 12.1 Å². The van der Waals surface area contributed by atoms with Crippen molar-refractivity contribution in [3.8, 4) is 5.75 Å². The summed E-state index contributed by atoms with van der Waals surface area (Å²) in [4.78, 5) is 24.8. The zero-order chi connectivity index (χ0) is 23.2. The fourth-order valence-electron chi connectivity index (χ4n) is 2.87. The van der Waals surface area contributed by atoms with Crippen LogP contribution in [-0.4, -0.2) is 10.8 Å². The molecular weight excluding hydrogens is 464 g/mol. The lowest BCUT2D eigenvalue weighted by Crippen LogP contribution is -2.11. The number of rotatable bonds is 8. The molecule has 0 radical (unpaired) electrons. The number of furan rings is 1. The Morgan fingerprint density at radius 2 is 1.73 bits per heavy atom. The number of anilines is 1. The molecule has 4 rings (SSSR count). The summed E-state index contributed by atoms with van der Waals surface area (Å²) in [5.41, 5.74) is 0.636. The molecule has 4 aromatic rings. The van der Waals surface area contributed by atoms with Crippen LogP contribution in [0.1, 0.15) is 16.3 Å². The lowest BCUT2D eigenvalue weighted by molar-refractivity contribution is -0.384. The maximum absolute atomic E-state index is 12.7. The molecule has 0 aliphatic rings. The molecule has 1 N–H and O–H groups in total. The molecule has 166 valence electrons. The zero-order valence-corrected chi connectivity index (χ0v) is 18.6. The number of nitrogens with one attached hydrogen (secondary N) is 1. The quantitative estimate of drug-likeness (QED) is 0.219. The van der Waals surface area contributed by atoms with Crippen molar-refractivity contribution in [3.63, 3.8) is 0 Å². The summed E-state index contributed by atoms with van der Waals surface area (Å²) in [6.07, 6.45) is 0. The standard InChI is InChI=1S/C24H17ClN2O5S/c25-16-5-12-20(13-6-16)33-23-4-2-1-3-21(23)26-24(28)22-14-11-19(32-22)15-31-18-9-7-17(8-10-18)27(29)30/h1-14H,15H2,(H,26,28). The third-order valence-electron chi connectivity index (χ3n) is 4.49. The fourth-order valence-corrected chi connectivity index (χ4v) is 3.90. The fraction of sp³-hybridized carbons (Fsp3) is 0.0417. The lowest BCUT2D eigenvalue weighted by Gasteiger charge is -2.10. The molecule has 1 amide bonds. The molecule has 0 spiro atoms. The number of carbonyl (C=O) groups is 1. The van der Waals surface area contributed by atoms with Gasteiger partial charge in [-0.15, -0.1) is 0 Å². The molecular formula is C24H17ClN2O5S. The van der Waals surface area contributed by atoms with Crippen LogP contribution in [0.4, 0.5) is 11.4 Å². The van der Waals surface area contributed by atoms with Gasteiger partial charge >= 0.3 is 0 Å². The van der Waals surface area contributed by atoms with E-state index in [9.17, 15) is 14.9 Å². The first-order valence-electron chi connectivity index (χ1n) is 9.78. The minimum Gasteiger partial charge on any atom is -0.486 e. The van der Waals surface area contributed by atoms with Crippen LogP contribution in [0.2, 0.25) is 5.02 Å². The van der Waals surface area contributed by atoms with Gasteiger partial charge in [0.05, 0.1) is 10.6 Å². The summed E-state index contributed by atoms with van der Waals surface area (Å²) in [7, 11) is 0. The van der Waals surface area contributed by atoms with Crippen molar-refractivity contribution in [2.45, 2.75) is 16.4 Å². The maximum Gasteiger partial charge on any atom is 0.291 e. The summed E-state index contributed by atoms with van der Waals surface area (Å²) in [6.45, 7) is 0.0775. The number of hydrogen-bond donors (Lipinski definition) is 1. The van der Waals surface area contributed by atoms with E-state index in [0.29, 0.717) is 22.2 Å². The lowest BCUT2D eigenvalue weighted by atomic mass is 10.3. The Morgan fingerprint density at radius 1 is 1.00 bits per heavy atom. The van der Waals surface area contributed by atoms with Crippen molar-refractivity contribution < 1.29 is 18.9 Å². The predicted molar refractivity (Wildman–Crippen MR) is 126 cm³/mol. The van der Waals surface area contributed by atoms with E-state index in [4.69, 9.17) is 20.8 Å². The van der Waals surface area contributed by atoms with E-state index in [-0.39, 0.29) is 24.0 Å². The van der Waals surface area contributed by atoms with Gasteiger partial charge in [0.15, 0.2) is 5.76 Å². The second-order valence-corrected chi connectivity index (χ2v) is 8.36. The number of para-hydroxylation sites is 1. The number of non-ortho nitro benzene ring substituents is 1. The smallest absolute Gasteiger partial charge is 0.291 e. The maximum atomic E-state index is 12.7. The average Bonchev–Trinajstić information content (AvgIpc) is 3.30. The molecule has 33 heavy (non-hydrogen) atoms. The normalized spacial score (nSPS) is 10.6. The van der Waals surface area contributed by atoms with Gasteiger partial charge in [0.25, 0.3) is 11.6 Å². The topological polar surface area (TPSA) is 94.6 Å². The van der Waals surface area contributed by atoms with Crippen LogP contribution in [0.15, 0.2) is 99.1 Å². The first kappa shape index (κ1) is 22.4. The highest BCUT2D eigenvalue weighted by molar-refractivity contribution is 7.99. The summed E-state index contributed by atoms with van der Waals surface area (Å²) in [5.74, 6) is 0.655. The molecule has 9 heteroatoms. The van der Waals surface area contributed by atoms with Gasteiger partial charge in [0.1, 0.15) is 18.1 Å². The van der Waals surface area contributed by atoms with Gasteiger partial charge in [0.2, 0.25) is 0 Å². The van der Waals surface area contributed by atoms with E-state index in [1.807, 2.05) is 48.5 Å². The molecule has 0 unspecified atom stereocenters. The number of nitro benzene ring substituents is 1. The van der Waals surface area contributed by atoms with Gasteiger partial charge in [0, 0.05) is 26.9 Å². The molecule has 0 fully saturated rings. The summed E-state index contributed by atoms with van der Waals surface area (Å²) < 4.78 is 11.2. The molecule has 0 saturated carbocycles. The van der Waals surface area contributed by atoms with Crippen LogP contribution < -0.4 is 10.1 Å². The summed E-state index contributed by atoms with van der Waals surface area (Å²) in [5, 5.41) is 14.3. The molecule has 0 atom stereocenters. The van der Waals surface area contributed by atoms with Crippen molar-refractivity contribution in [1.29, 1.82) is 0 Å². The third-order valence-corrected chi connectivity index (χ3v) is 5.83. The van der Waals surface area contributed by atoms with Gasteiger partial charge in [-0.3, -0.25) is 14.9 Å². The monoisotopic (exact) mass is 480 g/mol. The predicted octanol–water partition coefficient (Wildman–Crippen LogP) is 6.82. The molecule has 7 nitrogen and oxygen atoms in total. The molecule has 3 aromatic carbocycles. The third kappa shape index (κ3) is 5.94. The highest BCUT2D eigenvalue weighted by Gasteiger charge is 2.14. The number of amides is 1. The Hall–Kier alpha value is -3.75. The summed E-state index contributed by atoms with van der Waals surface area (Å²) >= 11 is 7.46. The van der Waals surface area contributed by atoms with E-state index < -0.39 is 4.92 Å². The van der Waals surface area contributed by atoms with Crippen molar-refractivity contribution in [1.82, 2.24) is 0 Å². The van der Waals surface area contributed by atoms with E-state index in [0.717, 1.165) is 9.79 Å². The number of halogens is 1. The number of nitro groups is 1. The van der Waals surface area contributed by atoms with Crippen LogP contribution in [0.3, 0.4) is 0 Å². The van der Waals surface area contributed by atoms with Gasteiger partial charge in [-0.05, 0) is 60.7 Å². The SMILES string of the molecule is O=C(Nc1ccccc1Sc1ccc(Cl)cc1)c1ccc(COc2ccc([N+](=O)[O-])cc2)o1. The number of benzene rings is 3. The van der Waals surface area contributed by atoms with E-state index >= 15 is 0 Å². The largest absolute Gasteiger partial charge is 0.486 e. The number of nitrogens with zero attached hydrogens (tertiary/aromatic N) is 1. The van der Waals surface area contributed by atoms with E-state index in [2.05, 4.69) is 5.32 Å². The molecule has 0 aliphatic heterocycles. The Kier molecular flexibility index (Phi) is 6.97. The number of ether oxygens (including phenoxy) is 1. The molecule has 1 aromatic heterocycles. The van der Waals surface area contributed by atoms with Gasteiger partial charge in [-0.25, -0.2) is 0 Å². The Morgan fingerprint density at radius 3 is 2.45 bits per heavy atom.